The molecule has 0 atom stereocenters. The van der Waals surface area contributed by atoms with Crippen LogP contribution in [0.2, 0.25) is 0 Å². The number of hydrogen-bond acceptors (Lipinski definition) is 3. The summed E-state index contributed by atoms with van der Waals surface area (Å²) >= 11 is 0. The van der Waals surface area contributed by atoms with Crippen LogP contribution < -0.4 is 11.1 Å². The Hall–Kier alpha value is -2.58. The Morgan fingerprint density at radius 2 is 2.14 bits per heavy atom. The third-order valence-electron chi connectivity index (χ3n) is 3.06. The Kier molecular flexibility index (Phi) is 4.41. The molecule has 3 N–H and O–H groups in total. The topological polar surface area (TPSA) is 72.9 Å². The molecular weight excluding hydrogens is 264 g/mol. The molecule has 0 saturated heterocycles. The van der Waals surface area contributed by atoms with Crippen molar-refractivity contribution in [2.24, 2.45) is 12.8 Å². The molecule has 0 aliphatic heterocycles. The first-order chi connectivity index (χ1) is 10.0. The van der Waals surface area contributed by atoms with Gasteiger partial charge in [0.2, 0.25) is 0 Å². The molecule has 1 heterocycles. The van der Waals surface area contributed by atoms with Crippen molar-refractivity contribution in [3.8, 4) is 11.8 Å². The lowest BCUT2D eigenvalue weighted by atomic mass is 10.1. The van der Waals surface area contributed by atoms with Gasteiger partial charge in [0.05, 0.1) is 12.2 Å². The third kappa shape index (κ3) is 3.50. The van der Waals surface area contributed by atoms with E-state index in [1.54, 1.807) is 17.8 Å². The van der Waals surface area contributed by atoms with Crippen LogP contribution in [0.4, 0.5) is 5.69 Å². The van der Waals surface area contributed by atoms with Crippen LogP contribution in [-0.2, 0) is 7.05 Å². The number of nitrogens with two attached hydrogens (primary N) is 1. The largest absolute Gasteiger partial charge is 0.321 e. The Labute approximate surface area is 124 Å². The molecule has 0 spiro atoms. The van der Waals surface area contributed by atoms with E-state index in [4.69, 9.17) is 5.73 Å². The van der Waals surface area contributed by atoms with Gasteiger partial charge in [-0.3, -0.25) is 9.48 Å². The highest BCUT2D eigenvalue weighted by Gasteiger charge is 2.12. The lowest BCUT2D eigenvalue weighted by molar-refractivity contribution is 0.101. The summed E-state index contributed by atoms with van der Waals surface area (Å²) in [7, 11) is 1.75. The highest BCUT2D eigenvalue weighted by Crippen LogP contribution is 2.15. The quantitative estimate of drug-likeness (QED) is 0.822. The van der Waals surface area contributed by atoms with Crippen molar-refractivity contribution < 1.29 is 4.79 Å². The minimum Gasteiger partial charge on any atom is -0.321 e. The van der Waals surface area contributed by atoms with Gasteiger partial charge < -0.3 is 11.1 Å². The van der Waals surface area contributed by atoms with Gasteiger partial charge in [0, 0.05) is 18.3 Å². The molecule has 21 heavy (non-hydrogen) atoms. The molecule has 0 aliphatic carbocycles. The molecule has 0 saturated carbocycles. The zero-order chi connectivity index (χ0) is 15.4. The molecule has 0 radical (unpaired) electrons. The predicted octanol–water partition coefficient (Wildman–Crippen LogP) is 1.60. The zero-order valence-corrected chi connectivity index (χ0v) is 12.4. The Bertz CT molecular complexity index is 734. The van der Waals surface area contributed by atoms with Crippen molar-refractivity contribution in [2.45, 2.75) is 13.8 Å². The molecule has 0 aliphatic rings. The highest BCUT2D eigenvalue weighted by atomic mass is 16.2. The lowest BCUT2D eigenvalue weighted by Crippen LogP contribution is -2.16. The van der Waals surface area contributed by atoms with E-state index in [9.17, 15) is 4.79 Å². The summed E-state index contributed by atoms with van der Waals surface area (Å²) in [5, 5.41) is 7.02. The molecular formula is C16H18N4O. The van der Waals surface area contributed by atoms with Crippen LogP contribution in [0.5, 0.6) is 0 Å². The van der Waals surface area contributed by atoms with E-state index in [0.29, 0.717) is 17.9 Å². The van der Waals surface area contributed by atoms with Crippen LogP contribution >= 0.6 is 0 Å². The average Bonchev–Trinajstić information content (AvgIpc) is 2.78. The van der Waals surface area contributed by atoms with E-state index >= 15 is 0 Å². The first-order valence-electron chi connectivity index (χ1n) is 6.63. The van der Waals surface area contributed by atoms with Crippen LogP contribution in [-0.4, -0.2) is 22.2 Å². The standard InChI is InChI=1S/C16H18N4O/c1-11-6-7-14(10-13(11)5-4-8-17)18-16(21)15-9-12(2)19-20(15)3/h6-7,9-10H,8,17H2,1-3H3,(H,18,21). The highest BCUT2D eigenvalue weighted by molar-refractivity contribution is 6.03. The minimum atomic E-state index is -0.195. The van der Waals surface area contributed by atoms with E-state index in [0.717, 1.165) is 16.8 Å². The molecule has 0 unspecified atom stereocenters. The molecule has 5 heteroatoms. The zero-order valence-electron chi connectivity index (χ0n) is 12.4. The summed E-state index contributed by atoms with van der Waals surface area (Å²) in [4.78, 5) is 12.2. The first kappa shape index (κ1) is 14.8. The third-order valence-corrected chi connectivity index (χ3v) is 3.06. The second-order valence-corrected chi connectivity index (χ2v) is 4.78. The Balaban J connectivity index is 2.23. The number of nitrogens with one attached hydrogen (secondary N) is 1. The van der Waals surface area contributed by atoms with Gasteiger partial charge in [-0.1, -0.05) is 17.9 Å². The van der Waals surface area contributed by atoms with Gasteiger partial charge in [0.1, 0.15) is 5.69 Å². The first-order valence-corrected chi connectivity index (χ1v) is 6.63. The minimum absolute atomic E-state index is 0.195. The number of benzene rings is 1. The molecule has 5 nitrogen and oxygen atoms in total. The van der Waals surface area contributed by atoms with E-state index in [1.165, 1.54) is 0 Å². The number of carbonyl (C=O) groups is 1. The fourth-order valence-corrected chi connectivity index (χ4v) is 2.00. The molecule has 2 rings (SSSR count). The SMILES string of the molecule is Cc1cc(C(=O)Nc2ccc(C)c(C#CCN)c2)n(C)n1. The van der Waals surface area contributed by atoms with Crippen molar-refractivity contribution in [1.82, 2.24) is 9.78 Å². The Morgan fingerprint density at radius 1 is 1.38 bits per heavy atom. The van der Waals surface area contributed by atoms with Gasteiger partial charge in [-0.05, 0) is 37.6 Å². The van der Waals surface area contributed by atoms with Gasteiger partial charge in [-0.2, -0.15) is 5.10 Å². The van der Waals surface area contributed by atoms with Gasteiger partial charge in [-0.25, -0.2) is 0 Å². The number of hydrogen-bond donors (Lipinski definition) is 2. The molecule has 0 fully saturated rings. The van der Waals surface area contributed by atoms with Crippen LogP contribution in [0.3, 0.4) is 0 Å². The fraction of sp³-hybridized carbons (Fsp3) is 0.250. The van der Waals surface area contributed by atoms with Crippen LogP contribution in [0, 0.1) is 25.7 Å². The Morgan fingerprint density at radius 3 is 2.76 bits per heavy atom. The summed E-state index contributed by atoms with van der Waals surface area (Å²) in [6.07, 6.45) is 0. The number of amides is 1. The van der Waals surface area contributed by atoms with Crippen molar-refractivity contribution in [3.63, 3.8) is 0 Å². The monoisotopic (exact) mass is 282 g/mol. The van der Waals surface area contributed by atoms with Crippen LogP contribution in [0.25, 0.3) is 0 Å². The summed E-state index contributed by atoms with van der Waals surface area (Å²) in [5.74, 6) is 5.62. The van der Waals surface area contributed by atoms with Crippen LogP contribution in [0.1, 0.15) is 27.3 Å². The number of carbonyl (C=O) groups excluding carboxylic acids is 1. The van der Waals surface area contributed by atoms with Gasteiger partial charge in [0.15, 0.2) is 0 Å². The molecule has 1 amide bonds. The molecule has 1 aromatic heterocycles. The van der Waals surface area contributed by atoms with E-state index in [2.05, 4.69) is 22.3 Å². The van der Waals surface area contributed by atoms with Crippen LogP contribution in [0.15, 0.2) is 24.3 Å². The van der Waals surface area contributed by atoms with Crippen molar-refractivity contribution in [3.05, 3.63) is 46.8 Å². The average molecular weight is 282 g/mol. The molecule has 108 valence electrons. The number of rotatable bonds is 2. The van der Waals surface area contributed by atoms with Gasteiger partial charge >= 0.3 is 0 Å². The second-order valence-electron chi connectivity index (χ2n) is 4.78. The van der Waals surface area contributed by atoms with Crippen molar-refractivity contribution in [2.75, 3.05) is 11.9 Å². The smallest absolute Gasteiger partial charge is 0.273 e. The molecule has 0 bridgehead atoms. The summed E-state index contributed by atoms with van der Waals surface area (Å²) < 4.78 is 1.56. The van der Waals surface area contributed by atoms with E-state index < -0.39 is 0 Å². The number of aryl methyl sites for hydroxylation is 3. The normalized spacial score (nSPS) is 9.90. The maximum absolute atomic E-state index is 12.2. The predicted molar refractivity (Wildman–Crippen MR) is 83.0 cm³/mol. The summed E-state index contributed by atoms with van der Waals surface area (Å²) in [5.41, 5.74) is 9.32. The molecule has 2 aromatic rings. The summed E-state index contributed by atoms with van der Waals surface area (Å²) in [6.45, 7) is 4.13. The lowest BCUT2D eigenvalue weighted by Gasteiger charge is -2.07. The van der Waals surface area contributed by atoms with E-state index in [1.807, 2.05) is 32.0 Å². The maximum atomic E-state index is 12.2. The van der Waals surface area contributed by atoms with Gasteiger partial charge in [-0.15, -0.1) is 0 Å². The van der Waals surface area contributed by atoms with Gasteiger partial charge in [0.25, 0.3) is 5.91 Å². The maximum Gasteiger partial charge on any atom is 0.273 e. The number of nitrogens with zero attached hydrogens (tertiary/aromatic N) is 2. The number of anilines is 1. The van der Waals surface area contributed by atoms with Crippen molar-refractivity contribution >= 4 is 11.6 Å². The van der Waals surface area contributed by atoms with E-state index in [-0.39, 0.29) is 5.91 Å². The summed E-state index contributed by atoms with van der Waals surface area (Å²) in [6, 6.07) is 7.37. The fourth-order valence-electron chi connectivity index (χ4n) is 2.00. The second kappa shape index (κ2) is 6.25. The van der Waals surface area contributed by atoms with Crippen molar-refractivity contribution in [1.29, 1.82) is 0 Å². The molecule has 1 aromatic carbocycles. The number of aromatic nitrogens is 2.